The summed E-state index contributed by atoms with van der Waals surface area (Å²) in [6.07, 6.45) is 1.30. The lowest BCUT2D eigenvalue weighted by atomic mass is 9.97. The second kappa shape index (κ2) is 5.61. The van der Waals surface area contributed by atoms with E-state index in [9.17, 15) is 4.79 Å². The maximum Gasteiger partial charge on any atom is 0.163 e. The van der Waals surface area contributed by atoms with Gasteiger partial charge < -0.3 is 0 Å². The van der Waals surface area contributed by atoms with Crippen LogP contribution in [-0.2, 0) is 13.5 Å². The van der Waals surface area contributed by atoms with Crippen molar-refractivity contribution in [2.45, 2.75) is 40.5 Å². The highest BCUT2D eigenvalue weighted by Gasteiger charge is 2.13. The molecule has 1 heterocycles. The number of aryl methyl sites for hydroxylation is 4. The second-order valence-electron chi connectivity index (χ2n) is 5.51. The summed E-state index contributed by atoms with van der Waals surface area (Å²) in [4.78, 5) is 12.4. The molecular weight excluding hydrogens is 248 g/mol. The molecule has 3 heteroatoms. The van der Waals surface area contributed by atoms with Crippen LogP contribution in [0, 0.1) is 27.7 Å². The molecule has 0 atom stereocenters. The van der Waals surface area contributed by atoms with Crippen LogP contribution in [0.25, 0.3) is 0 Å². The maximum atomic E-state index is 12.4. The van der Waals surface area contributed by atoms with E-state index in [-0.39, 0.29) is 5.78 Å². The molecule has 0 fully saturated rings. The smallest absolute Gasteiger partial charge is 0.163 e. The molecule has 0 aliphatic heterocycles. The molecule has 20 heavy (non-hydrogen) atoms. The summed E-state index contributed by atoms with van der Waals surface area (Å²) in [6.45, 7) is 8.07. The van der Waals surface area contributed by atoms with Crippen LogP contribution in [0.15, 0.2) is 18.2 Å². The molecule has 3 nitrogen and oxygen atoms in total. The summed E-state index contributed by atoms with van der Waals surface area (Å²) in [5.74, 6) is 0.217. The summed E-state index contributed by atoms with van der Waals surface area (Å²) in [5, 5.41) is 4.40. The summed E-state index contributed by atoms with van der Waals surface area (Å²) in [5.41, 5.74) is 6.42. The third kappa shape index (κ3) is 2.82. The van der Waals surface area contributed by atoms with Crippen molar-refractivity contribution < 1.29 is 4.79 Å². The minimum atomic E-state index is 0.217. The zero-order valence-corrected chi connectivity index (χ0v) is 12.9. The van der Waals surface area contributed by atoms with Crippen LogP contribution < -0.4 is 0 Å². The second-order valence-corrected chi connectivity index (χ2v) is 5.51. The van der Waals surface area contributed by atoms with Gasteiger partial charge in [0.25, 0.3) is 0 Å². The first kappa shape index (κ1) is 14.5. The number of ketones is 1. The molecule has 0 saturated carbocycles. The Kier molecular flexibility index (Phi) is 4.07. The van der Waals surface area contributed by atoms with Crippen LogP contribution in [0.5, 0.6) is 0 Å². The van der Waals surface area contributed by atoms with Crippen LogP contribution in [-0.4, -0.2) is 15.6 Å². The van der Waals surface area contributed by atoms with Crippen LogP contribution >= 0.6 is 0 Å². The summed E-state index contributed by atoms with van der Waals surface area (Å²) >= 11 is 0. The van der Waals surface area contributed by atoms with E-state index < -0.39 is 0 Å². The van der Waals surface area contributed by atoms with Crippen molar-refractivity contribution in [1.29, 1.82) is 0 Å². The highest BCUT2D eigenvalue weighted by atomic mass is 16.1. The molecular formula is C17H22N2O. The largest absolute Gasteiger partial charge is 0.294 e. The highest BCUT2D eigenvalue weighted by molar-refractivity contribution is 5.97. The molecule has 0 amide bonds. The fourth-order valence-electron chi connectivity index (χ4n) is 2.59. The summed E-state index contributed by atoms with van der Waals surface area (Å²) in [6, 6.07) is 6.05. The van der Waals surface area contributed by atoms with Gasteiger partial charge in [-0.3, -0.25) is 9.48 Å². The van der Waals surface area contributed by atoms with Crippen molar-refractivity contribution in [1.82, 2.24) is 9.78 Å². The molecule has 0 unspecified atom stereocenters. The normalized spacial score (nSPS) is 10.8. The number of nitrogens with zero attached hydrogens (tertiary/aromatic N) is 2. The Morgan fingerprint density at radius 3 is 2.50 bits per heavy atom. The van der Waals surface area contributed by atoms with Gasteiger partial charge >= 0.3 is 0 Å². The monoisotopic (exact) mass is 270 g/mol. The predicted octanol–water partition coefficient (Wildman–Crippen LogP) is 3.47. The van der Waals surface area contributed by atoms with Gasteiger partial charge in [0.1, 0.15) is 0 Å². The van der Waals surface area contributed by atoms with Crippen LogP contribution in [0.4, 0.5) is 0 Å². The number of benzene rings is 1. The van der Waals surface area contributed by atoms with Crippen molar-refractivity contribution in [3.05, 3.63) is 51.8 Å². The number of hydrogen-bond acceptors (Lipinski definition) is 2. The van der Waals surface area contributed by atoms with Crippen molar-refractivity contribution >= 4 is 5.78 Å². The van der Waals surface area contributed by atoms with Gasteiger partial charge in [0.15, 0.2) is 5.78 Å². The minimum Gasteiger partial charge on any atom is -0.294 e. The molecule has 0 aliphatic carbocycles. The molecule has 2 rings (SSSR count). The Balaban J connectivity index is 2.15. The van der Waals surface area contributed by atoms with E-state index in [2.05, 4.69) is 12.0 Å². The van der Waals surface area contributed by atoms with Crippen molar-refractivity contribution in [3.8, 4) is 0 Å². The van der Waals surface area contributed by atoms with E-state index in [1.807, 2.05) is 50.7 Å². The quantitative estimate of drug-likeness (QED) is 0.797. The van der Waals surface area contributed by atoms with Crippen LogP contribution in [0.2, 0.25) is 0 Å². The number of carbonyl (C=O) groups is 1. The van der Waals surface area contributed by atoms with Gasteiger partial charge in [-0.25, -0.2) is 0 Å². The van der Waals surface area contributed by atoms with Gasteiger partial charge in [-0.05, 0) is 51.3 Å². The first-order valence-electron chi connectivity index (χ1n) is 6.99. The van der Waals surface area contributed by atoms with Gasteiger partial charge in [0.05, 0.1) is 5.69 Å². The first-order chi connectivity index (χ1) is 9.40. The molecule has 0 bridgehead atoms. The molecule has 0 saturated heterocycles. The van der Waals surface area contributed by atoms with Gasteiger partial charge in [0, 0.05) is 24.7 Å². The van der Waals surface area contributed by atoms with Crippen molar-refractivity contribution in [2.75, 3.05) is 0 Å². The number of Topliss-reactive ketones (excluding diaryl/α,β-unsaturated/α-hetero) is 1. The number of rotatable bonds is 4. The van der Waals surface area contributed by atoms with Gasteiger partial charge in [-0.1, -0.05) is 17.7 Å². The topological polar surface area (TPSA) is 34.9 Å². The Bertz CT molecular complexity index is 653. The van der Waals surface area contributed by atoms with Gasteiger partial charge in [-0.15, -0.1) is 0 Å². The zero-order valence-electron chi connectivity index (χ0n) is 12.9. The van der Waals surface area contributed by atoms with E-state index in [1.54, 1.807) is 0 Å². The Morgan fingerprint density at radius 2 is 1.90 bits per heavy atom. The average Bonchev–Trinajstić information content (AvgIpc) is 2.64. The minimum absolute atomic E-state index is 0.217. The molecule has 1 aromatic carbocycles. The Hall–Kier alpha value is -1.90. The molecule has 106 valence electrons. The molecule has 0 aliphatic rings. The zero-order chi connectivity index (χ0) is 14.9. The SMILES string of the molecule is Cc1ccc(C)c(C(=O)CCc2c(C)nn(C)c2C)c1. The lowest BCUT2D eigenvalue weighted by Gasteiger charge is -2.07. The molecule has 2 aromatic rings. The van der Waals surface area contributed by atoms with Crippen LogP contribution in [0.1, 0.15) is 44.9 Å². The summed E-state index contributed by atoms with van der Waals surface area (Å²) in [7, 11) is 1.94. The van der Waals surface area contributed by atoms with Gasteiger partial charge in [0.2, 0.25) is 0 Å². The third-order valence-electron chi connectivity index (χ3n) is 3.95. The lowest BCUT2D eigenvalue weighted by molar-refractivity contribution is 0.0982. The van der Waals surface area contributed by atoms with Gasteiger partial charge in [-0.2, -0.15) is 5.10 Å². The van der Waals surface area contributed by atoms with Crippen LogP contribution in [0.3, 0.4) is 0 Å². The molecule has 0 N–H and O–H groups in total. The molecule has 0 spiro atoms. The average molecular weight is 270 g/mol. The maximum absolute atomic E-state index is 12.4. The van der Waals surface area contributed by atoms with E-state index in [4.69, 9.17) is 0 Å². The highest BCUT2D eigenvalue weighted by Crippen LogP contribution is 2.18. The fourth-order valence-corrected chi connectivity index (χ4v) is 2.59. The van der Waals surface area contributed by atoms with Crippen molar-refractivity contribution in [2.24, 2.45) is 7.05 Å². The summed E-state index contributed by atoms with van der Waals surface area (Å²) < 4.78 is 1.88. The number of hydrogen-bond donors (Lipinski definition) is 0. The third-order valence-corrected chi connectivity index (χ3v) is 3.95. The molecule has 0 radical (unpaired) electrons. The first-order valence-corrected chi connectivity index (χ1v) is 6.99. The Morgan fingerprint density at radius 1 is 1.20 bits per heavy atom. The number of aromatic nitrogens is 2. The fraction of sp³-hybridized carbons (Fsp3) is 0.412. The van der Waals surface area contributed by atoms with Crippen molar-refractivity contribution in [3.63, 3.8) is 0 Å². The van der Waals surface area contributed by atoms with E-state index >= 15 is 0 Å². The standard InChI is InChI=1S/C17H22N2O/c1-11-6-7-12(2)16(10-11)17(20)9-8-15-13(3)18-19(5)14(15)4/h6-7,10H,8-9H2,1-5H3. The molecule has 1 aromatic heterocycles. The van der Waals surface area contributed by atoms with E-state index in [1.165, 1.54) is 5.56 Å². The van der Waals surface area contributed by atoms with E-state index in [0.717, 1.165) is 34.5 Å². The Labute approximate surface area is 120 Å². The van der Waals surface area contributed by atoms with E-state index in [0.29, 0.717) is 6.42 Å². The lowest BCUT2D eigenvalue weighted by Crippen LogP contribution is -2.05. The predicted molar refractivity (Wildman–Crippen MR) is 81.2 cm³/mol. The number of carbonyl (C=O) groups excluding carboxylic acids is 1.